The summed E-state index contributed by atoms with van der Waals surface area (Å²) in [5.41, 5.74) is -0.166. The molecule has 0 unspecified atom stereocenters. The van der Waals surface area contributed by atoms with Gasteiger partial charge in [-0.2, -0.15) is 0 Å². The molecule has 1 aliphatic heterocycles. The second-order valence-corrected chi connectivity index (χ2v) is 6.24. The molecule has 1 amide bonds. The maximum absolute atomic E-state index is 13.6. The molecule has 1 aliphatic rings. The van der Waals surface area contributed by atoms with E-state index >= 15 is 0 Å². The third-order valence-electron chi connectivity index (χ3n) is 4.22. The molecular weight excluding hydrogens is 271 g/mol. The van der Waals surface area contributed by atoms with Gasteiger partial charge in [-0.05, 0) is 12.0 Å². The number of likely N-dealkylation sites (tertiary alicyclic amines) is 1. The van der Waals surface area contributed by atoms with Crippen molar-refractivity contribution in [3.05, 3.63) is 35.6 Å². The van der Waals surface area contributed by atoms with E-state index in [9.17, 15) is 14.3 Å². The summed E-state index contributed by atoms with van der Waals surface area (Å²) in [5, 5.41) is 10.2. The van der Waals surface area contributed by atoms with Gasteiger partial charge in [-0.1, -0.05) is 32.0 Å². The third kappa shape index (κ3) is 3.60. The van der Waals surface area contributed by atoms with Crippen molar-refractivity contribution in [2.45, 2.75) is 26.0 Å². The number of aliphatic hydroxyl groups is 1. The Bertz CT molecular complexity index is 513. The van der Waals surface area contributed by atoms with Gasteiger partial charge in [-0.15, -0.1) is 0 Å². The van der Waals surface area contributed by atoms with Gasteiger partial charge in [0.25, 0.3) is 0 Å². The number of hydrogen-bond donors (Lipinski definition) is 1. The van der Waals surface area contributed by atoms with Gasteiger partial charge in [-0.25, -0.2) is 4.39 Å². The summed E-state index contributed by atoms with van der Waals surface area (Å²) in [5.74, 6) is -0.181. The van der Waals surface area contributed by atoms with E-state index in [1.807, 2.05) is 18.7 Å². The van der Waals surface area contributed by atoms with E-state index in [4.69, 9.17) is 0 Å². The van der Waals surface area contributed by atoms with Crippen LogP contribution >= 0.6 is 0 Å². The van der Waals surface area contributed by atoms with Crippen LogP contribution in [-0.2, 0) is 11.3 Å². The van der Waals surface area contributed by atoms with Crippen LogP contribution < -0.4 is 0 Å². The van der Waals surface area contributed by atoms with E-state index in [-0.39, 0.29) is 30.7 Å². The average Bonchev–Trinajstić information content (AvgIpc) is 2.39. The van der Waals surface area contributed by atoms with Crippen LogP contribution in [0.25, 0.3) is 0 Å². The molecule has 1 aromatic carbocycles. The first kappa shape index (κ1) is 15.9. The topological polar surface area (TPSA) is 43.8 Å². The van der Waals surface area contributed by atoms with Gasteiger partial charge in [0, 0.05) is 32.2 Å². The van der Waals surface area contributed by atoms with Crippen molar-refractivity contribution >= 4 is 5.91 Å². The highest BCUT2D eigenvalue weighted by Gasteiger charge is 2.44. The van der Waals surface area contributed by atoms with Crippen LogP contribution in [0.5, 0.6) is 0 Å². The van der Waals surface area contributed by atoms with Gasteiger partial charge in [-0.3, -0.25) is 9.69 Å². The number of amides is 1. The number of halogens is 1. The molecule has 0 atom stereocenters. The lowest BCUT2D eigenvalue weighted by molar-refractivity contribution is -0.148. The molecule has 1 saturated heterocycles. The number of nitrogens with zero attached hydrogens (tertiary/aromatic N) is 2. The van der Waals surface area contributed by atoms with E-state index in [1.54, 1.807) is 25.2 Å². The number of likely N-dealkylation sites (N-methyl/N-ethyl adjacent to an activating group) is 1. The van der Waals surface area contributed by atoms with Gasteiger partial charge in [0.2, 0.25) is 5.91 Å². The Morgan fingerprint density at radius 1 is 1.43 bits per heavy atom. The first-order valence-corrected chi connectivity index (χ1v) is 7.24. The predicted molar refractivity (Wildman–Crippen MR) is 79.1 cm³/mol. The minimum Gasteiger partial charge on any atom is -0.387 e. The molecule has 0 spiro atoms. The molecule has 0 bridgehead atoms. The molecule has 0 saturated carbocycles. The summed E-state index contributed by atoms with van der Waals surface area (Å²) in [6, 6.07) is 6.47. The molecule has 4 nitrogen and oxygen atoms in total. The number of rotatable bonds is 5. The van der Waals surface area contributed by atoms with Crippen LogP contribution in [0.4, 0.5) is 4.39 Å². The molecule has 116 valence electrons. The number of carbonyl (C=O) groups excluding carboxylic acids is 1. The van der Waals surface area contributed by atoms with Crippen molar-refractivity contribution in [1.82, 2.24) is 9.80 Å². The third-order valence-corrected chi connectivity index (χ3v) is 4.22. The summed E-state index contributed by atoms with van der Waals surface area (Å²) in [6.07, 6.45) is 0. The Morgan fingerprint density at radius 3 is 2.62 bits per heavy atom. The lowest BCUT2D eigenvalue weighted by atomic mass is 9.83. The Balaban J connectivity index is 1.83. The molecule has 5 heteroatoms. The molecule has 21 heavy (non-hydrogen) atoms. The van der Waals surface area contributed by atoms with Gasteiger partial charge in [0.1, 0.15) is 5.82 Å². The lowest BCUT2D eigenvalue weighted by Gasteiger charge is -2.49. The molecule has 1 N–H and O–H groups in total. The highest BCUT2D eigenvalue weighted by Crippen LogP contribution is 2.28. The standard InChI is InChI=1S/C16H23FN2O2/c1-12(2)16(21)10-19(11-16)9-15(20)18(3)8-13-6-4-5-7-14(13)17/h4-7,12,21H,8-11H2,1-3H3. The second kappa shape index (κ2) is 6.12. The maximum Gasteiger partial charge on any atom is 0.236 e. The summed E-state index contributed by atoms with van der Waals surface area (Å²) < 4.78 is 13.6. The molecule has 0 aliphatic carbocycles. The highest BCUT2D eigenvalue weighted by molar-refractivity contribution is 5.78. The first-order valence-electron chi connectivity index (χ1n) is 7.24. The van der Waals surface area contributed by atoms with E-state index < -0.39 is 5.60 Å². The van der Waals surface area contributed by atoms with Crippen molar-refractivity contribution in [3.63, 3.8) is 0 Å². The minimum atomic E-state index is -0.676. The minimum absolute atomic E-state index is 0.0657. The Morgan fingerprint density at radius 2 is 2.05 bits per heavy atom. The predicted octanol–water partition coefficient (Wildman–Crippen LogP) is 1.49. The van der Waals surface area contributed by atoms with Gasteiger partial charge in [0.15, 0.2) is 0 Å². The summed E-state index contributed by atoms with van der Waals surface area (Å²) in [6.45, 7) is 5.51. The van der Waals surface area contributed by atoms with Gasteiger partial charge in [0.05, 0.1) is 12.1 Å². The summed E-state index contributed by atoms with van der Waals surface area (Å²) >= 11 is 0. The number of hydrogen-bond acceptors (Lipinski definition) is 3. The first-order chi connectivity index (χ1) is 9.82. The number of benzene rings is 1. The van der Waals surface area contributed by atoms with Crippen LogP contribution in [0.15, 0.2) is 24.3 Å². The fourth-order valence-corrected chi connectivity index (χ4v) is 2.49. The number of β-amino-alcohol motifs (C(OH)–C–C–N with tert-alkyl or cyclic N) is 1. The molecule has 2 rings (SSSR count). The van der Waals surface area contributed by atoms with Gasteiger partial charge < -0.3 is 10.0 Å². The zero-order chi connectivity index (χ0) is 15.6. The van der Waals surface area contributed by atoms with Crippen LogP contribution in [-0.4, -0.2) is 53.1 Å². The molecule has 1 heterocycles. The zero-order valence-corrected chi connectivity index (χ0v) is 12.8. The normalized spacial score (nSPS) is 17.6. The zero-order valence-electron chi connectivity index (χ0n) is 12.8. The summed E-state index contributed by atoms with van der Waals surface area (Å²) in [7, 11) is 1.67. The van der Waals surface area contributed by atoms with Crippen LogP contribution in [0.3, 0.4) is 0 Å². The average molecular weight is 294 g/mol. The molecule has 0 radical (unpaired) electrons. The second-order valence-electron chi connectivity index (χ2n) is 6.24. The number of carbonyl (C=O) groups is 1. The quantitative estimate of drug-likeness (QED) is 0.895. The van der Waals surface area contributed by atoms with Gasteiger partial charge >= 0.3 is 0 Å². The molecule has 1 fully saturated rings. The SMILES string of the molecule is CC(C)C1(O)CN(CC(=O)N(C)Cc2ccccc2F)C1. The van der Waals surface area contributed by atoms with Crippen molar-refractivity contribution in [2.24, 2.45) is 5.92 Å². The van der Waals surface area contributed by atoms with Crippen LogP contribution in [0, 0.1) is 11.7 Å². The Kier molecular flexibility index (Phi) is 4.64. The molecule has 0 aromatic heterocycles. The monoisotopic (exact) mass is 294 g/mol. The summed E-state index contributed by atoms with van der Waals surface area (Å²) in [4.78, 5) is 15.6. The van der Waals surface area contributed by atoms with Crippen molar-refractivity contribution in [3.8, 4) is 0 Å². The van der Waals surface area contributed by atoms with E-state index in [0.29, 0.717) is 18.7 Å². The highest BCUT2D eigenvalue weighted by atomic mass is 19.1. The fraction of sp³-hybridized carbons (Fsp3) is 0.562. The van der Waals surface area contributed by atoms with E-state index in [0.717, 1.165) is 0 Å². The Labute approximate surface area is 125 Å². The van der Waals surface area contributed by atoms with E-state index in [1.165, 1.54) is 11.0 Å². The Hall–Kier alpha value is -1.46. The fourth-order valence-electron chi connectivity index (χ4n) is 2.49. The largest absolute Gasteiger partial charge is 0.387 e. The molecular formula is C16H23FN2O2. The van der Waals surface area contributed by atoms with Crippen LogP contribution in [0.1, 0.15) is 19.4 Å². The van der Waals surface area contributed by atoms with Crippen molar-refractivity contribution < 1.29 is 14.3 Å². The smallest absolute Gasteiger partial charge is 0.236 e. The van der Waals surface area contributed by atoms with Crippen molar-refractivity contribution in [1.29, 1.82) is 0 Å². The van der Waals surface area contributed by atoms with Crippen LogP contribution in [0.2, 0.25) is 0 Å². The molecule has 1 aromatic rings. The van der Waals surface area contributed by atoms with E-state index in [2.05, 4.69) is 0 Å². The maximum atomic E-state index is 13.6. The lowest BCUT2D eigenvalue weighted by Crippen LogP contribution is -2.65. The van der Waals surface area contributed by atoms with Crippen molar-refractivity contribution in [2.75, 3.05) is 26.7 Å².